The lowest BCUT2D eigenvalue weighted by Gasteiger charge is -2.18. The third kappa shape index (κ3) is 3.55. The Labute approximate surface area is 160 Å². The van der Waals surface area contributed by atoms with E-state index in [4.69, 9.17) is 0 Å². The summed E-state index contributed by atoms with van der Waals surface area (Å²) in [5.41, 5.74) is 5.02. The molecule has 0 radical (unpaired) electrons. The van der Waals surface area contributed by atoms with Crippen LogP contribution in [0.2, 0.25) is 0 Å². The molecule has 1 fully saturated rings. The lowest BCUT2D eigenvalue weighted by atomic mass is 10.1. The Balaban J connectivity index is 1.54. The Kier molecular flexibility index (Phi) is 4.84. The molecule has 0 bridgehead atoms. The number of likely N-dealkylation sites (tertiary alicyclic amines) is 1. The first-order chi connectivity index (χ1) is 12.7. The number of carbonyl (C=O) groups excluding carboxylic acids is 1. The zero-order chi connectivity index (χ0) is 17.9. The molecule has 1 aliphatic rings. The number of amides is 1. The van der Waals surface area contributed by atoms with Crippen molar-refractivity contribution in [2.75, 3.05) is 11.9 Å². The van der Waals surface area contributed by atoms with Crippen molar-refractivity contribution < 1.29 is 4.79 Å². The van der Waals surface area contributed by atoms with Gasteiger partial charge in [-0.1, -0.05) is 24.3 Å². The first kappa shape index (κ1) is 17.0. The molecule has 0 saturated carbocycles. The zero-order valence-electron chi connectivity index (χ0n) is 14.3. The van der Waals surface area contributed by atoms with Gasteiger partial charge in [0.25, 0.3) is 0 Å². The second kappa shape index (κ2) is 7.41. The van der Waals surface area contributed by atoms with E-state index < -0.39 is 0 Å². The predicted molar refractivity (Wildman–Crippen MR) is 106 cm³/mol. The summed E-state index contributed by atoms with van der Waals surface area (Å²) in [4.78, 5) is 22.7. The Morgan fingerprint density at radius 2 is 2.00 bits per heavy atom. The molecule has 132 valence electrons. The summed E-state index contributed by atoms with van der Waals surface area (Å²) in [6, 6.07) is 12.2. The first-order valence-electron chi connectivity index (χ1n) is 8.69. The Morgan fingerprint density at radius 3 is 2.81 bits per heavy atom. The maximum absolute atomic E-state index is 11.9. The van der Waals surface area contributed by atoms with Crippen LogP contribution in [0.15, 0.2) is 53.3 Å². The predicted octanol–water partition coefficient (Wildman–Crippen LogP) is 4.13. The molecular formula is C20H19BrN4O. The van der Waals surface area contributed by atoms with Gasteiger partial charge in [-0.3, -0.25) is 14.8 Å². The number of carbonyl (C=O) groups is 1. The maximum atomic E-state index is 11.9. The molecule has 1 amide bonds. The normalized spacial score (nSPS) is 14.2. The fraction of sp³-hybridized carbons (Fsp3) is 0.250. The third-order valence-electron chi connectivity index (χ3n) is 4.66. The van der Waals surface area contributed by atoms with Gasteiger partial charge in [-0.2, -0.15) is 0 Å². The van der Waals surface area contributed by atoms with Crippen molar-refractivity contribution in [2.24, 2.45) is 0 Å². The monoisotopic (exact) mass is 410 g/mol. The number of benzene rings is 1. The highest BCUT2D eigenvalue weighted by molar-refractivity contribution is 9.10. The highest BCUT2D eigenvalue weighted by Crippen LogP contribution is 2.23. The van der Waals surface area contributed by atoms with E-state index in [2.05, 4.69) is 43.3 Å². The van der Waals surface area contributed by atoms with Gasteiger partial charge in [-0.25, -0.2) is 0 Å². The molecule has 26 heavy (non-hydrogen) atoms. The summed E-state index contributed by atoms with van der Waals surface area (Å²) in [5, 5.41) is 3.48. The number of fused-ring (bicyclic) bond motifs is 1. The fourth-order valence-electron chi connectivity index (χ4n) is 3.30. The Hall–Kier alpha value is -2.47. The van der Waals surface area contributed by atoms with Gasteiger partial charge >= 0.3 is 0 Å². The number of nitrogens with zero attached hydrogens (tertiary/aromatic N) is 3. The lowest BCUT2D eigenvalue weighted by molar-refractivity contribution is -0.128. The number of anilines is 1. The smallest absolute Gasteiger partial charge is 0.222 e. The largest absolute Gasteiger partial charge is 0.379 e. The molecule has 5 nitrogen and oxygen atoms in total. The van der Waals surface area contributed by atoms with E-state index in [1.54, 1.807) is 12.4 Å². The van der Waals surface area contributed by atoms with Crippen LogP contribution in [-0.2, 0) is 17.9 Å². The number of halogens is 1. The van der Waals surface area contributed by atoms with Crippen molar-refractivity contribution in [1.82, 2.24) is 14.9 Å². The van der Waals surface area contributed by atoms with Crippen LogP contribution >= 0.6 is 15.9 Å². The van der Waals surface area contributed by atoms with Gasteiger partial charge < -0.3 is 10.2 Å². The minimum Gasteiger partial charge on any atom is -0.379 e. The Bertz CT molecular complexity index is 959. The summed E-state index contributed by atoms with van der Waals surface area (Å²) in [7, 11) is 0. The van der Waals surface area contributed by atoms with Crippen molar-refractivity contribution in [1.29, 1.82) is 0 Å². The molecule has 0 aliphatic carbocycles. The van der Waals surface area contributed by atoms with Crippen molar-refractivity contribution in [2.45, 2.75) is 25.9 Å². The van der Waals surface area contributed by atoms with Gasteiger partial charge in [0.1, 0.15) is 5.52 Å². The van der Waals surface area contributed by atoms with Gasteiger partial charge in [0.05, 0.1) is 11.2 Å². The second-order valence-electron chi connectivity index (χ2n) is 6.42. The highest BCUT2D eigenvalue weighted by Gasteiger charge is 2.20. The van der Waals surface area contributed by atoms with E-state index in [0.29, 0.717) is 19.5 Å². The second-order valence-corrected chi connectivity index (χ2v) is 7.34. The van der Waals surface area contributed by atoms with Crippen LogP contribution < -0.4 is 5.32 Å². The van der Waals surface area contributed by atoms with Gasteiger partial charge in [-0.15, -0.1) is 0 Å². The van der Waals surface area contributed by atoms with E-state index in [1.165, 1.54) is 11.1 Å². The van der Waals surface area contributed by atoms with Crippen LogP contribution in [0.25, 0.3) is 11.0 Å². The fourth-order valence-corrected chi connectivity index (χ4v) is 3.62. The van der Waals surface area contributed by atoms with Crippen molar-refractivity contribution in [3.05, 3.63) is 64.4 Å². The maximum Gasteiger partial charge on any atom is 0.222 e. The van der Waals surface area contributed by atoms with Crippen molar-refractivity contribution >= 4 is 38.6 Å². The summed E-state index contributed by atoms with van der Waals surface area (Å²) >= 11 is 3.43. The highest BCUT2D eigenvalue weighted by atomic mass is 79.9. The summed E-state index contributed by atoms with van der Waals surface area (Å²) in [6.07, 6.45) is 5.20. The lowest BCUT2D eigenvalue weighted by Crippen LogP contribution is -2.24. The van der Waals surface area contributed by atoms with E-state index in [0.717, 1.165) is 34.2 Å². The van der Waals surface area contributed by atoms with Crippen LogP contribution in [0.4, 0.5) is 5.69 Å². The van der Waals surface area contributed by atoms with Crippen molar-refractivity contribution in [3.8, 4) is 0 Å². The molecule has 3 heterocycles. The van der Waals surface area contributed by atoms with Gasteiger partial charge in [-0.05, 0) is 45.6 Å². The summed E-state index contributed by atoms with van der Waals surface area (Å²) in [5.74, 6) is 0.252. The molecular weight excluding hydrogens is 392 g/mol. The van der Waals surface area contributed by atoms with Crippen LogP contribution in [0.1, 0.15) is 24.0 Å². The topological polar surface area (TPSA) is 58.1 Å². The van der Waals surface area contributed by atoms with Crippen LogP contribution in [0.3, 0.4) is 0 Å². The number of aromatic nitrogens is 2. The SMILES string of the molecule is O=C1CCCN1Cc1ccccc1CNc1ccnc2cc(Br)cnc12. The molecule has 0 unspecified atom stereocenters. The molecule has 1 saturated heterocycles. The number of rotatable bonds is 5. The number of nitrogens with one attached hydrogen (secondary N) is 1. The van der Waals surface area contributed by atoms with Gasteiger partial charge in [0.15, 0.2) is 0 Å². The molecule has 4 rings (SSSR count). The molecule has 1 N–H and O–H groups in total. The Morgan fingerprint density at radius 1 is 1.15 bits per heavy atom. The zero-order valence-corrected chi connectivity index (χ0v) is 15.9. The van der Waals surface area contributed by atoms with Gasteiger partial charge in [0.2, 0.25) is 5.91 Å². The molecule has 6 heteroatoms. The van der Waals surface area contributed by atoms with Gasteiger partial charge in [0, 0.05) is 42.9 Å². The first-order valence-corrected chi connectivity index (χ1v) is 9.49. The van der Waals surface area contributed by atoms with Crippen LogP contribution in [-0.4, -0.2) is 27.3 Å². The third-order valence-corrected chi connectivity index (χ3v) is 5.10. The van der Waals surface area contributed by atoms with E-state index >= 15 is 0 Å². The quantitative estimate of drug-likeness (QED) is 0.686. The summed E-state index contributed by atoms with van der Waals surface area (Å²) < 4.78 is 0.912. The minimum absolute atomic E-state index is 0.252. The van der Waals surface area contributed by atoms with Crippen LogP contribution in [0, 0.1) is 0 Å². The average Bonchev–Trinajstić information content (AvgIpc) is 3.05. The number of pyridine rings is 2. The standard InChI is InChI=1S/C20H19BrN4O/c21-16-10-18-20(24-12-16)17(7-8-22-18)23-11-14-4-1-2-5-15(14)13-25-9-3-6-19(25)26/h1-2,4-5,7-8,10,12H,3,6,9,11,13H2,(H,22,23). The van der Waals surface area contributed by atoms with Crippen LogP contribution in [0.5, 0.6) is 0 Å². The van der Waals surface area contributed by atoms with Crippen molar-refractivity contribution in [3.63, 3.8) is 0 Å². The van der Waals surface area contributed by atoms with E-state index in [9.17, 15) is 4.79 Å². The number of hydrogen-bond donors (Lipinski definition) is 1. The van der Waals surface area contributed by atoms with E-state index in [1.807, 2.05) is 29.2 Å². The average molecular weight is 411 g/mol. The van der Waals surface area contributed by atoms with E-state index in [-0.39, 0.29) is 5.91 Å². The molecule has 0 spiro atoms. The molecule has 3 aromatic rings. The molecule has 1 aromatic carbocycles. The molecule has 2 aromatic heterocycles. The molecule has 1 aliphatic heterocycles. The minimum atomic E-state index is 0.252. The molecule has 0 atom stereocenters. The summed E-state index contributed by atoms with van der Waals surface area (Å²) in [6.45, 7) is 2.21. The number of hydrogen-bond acceptors (Lipinski definition) is 4.